The Morgan fingerprint density at radius 1 is 0.939 bits per heavy atom. The zero-order valence-electron chi connectivity index (χ0n) is 20.0. The Morgan fingerprint density at radius 3 is 2.09 bits per heavy atom. The first kappa shape index (κ1) is 30.4. The number of carbonyl (C=O) groups is 5. The second-order valence-electron chi connectivity index (χ2n) is 8.43. The molecule has 0 rings (SSSR count). The summed E-state index contributed by atoms with van der Waals surface area (Å²) in [6, 6.07) is 0. The highest BCUT2D eigenvalue weighted by molar-refractivity contribution is 7.99. The molecule has 0 aliphatic carbocycles. The van der Waals surface area contributed by atoms with Crippen molar-refractivity contribution in [1.82, 2.24) is 0 Å². The van der Waals surface area contributed by atoms with Gasteiger partial charge in [0.15, 0.2) is 6.10 Å². The lowest BCUT2D eigenvalue weighted by atomic mass is 9.91. The first-order valence-electron chi connectivity index (χ1n) is 10.4. The standard InChI is InChI=1S/C22H34O10S/c1-7-21(2,3)20(28)31-13-15(32-18(26)9-8-16(23)24)12-30-17(25)10-11-33-14-22(4,5)19(27)29-6/h8-9,15H,7,10-14H2,1-6H3,(H,23,24)/b9-8-. The number of methoxy groups -OCH3 is 1. The molecule has 1 unspecified atom stereocenters. The van der Waals surface area contributed by atoms with Gasteiger partial charge in [-0.2, -0.15) is 11.8 Å². The number of hydrogen-bond donors (Lipinski definition) is 1. The van der Waals surface area contributed by atoms with Crippen molar-refractivity contribution in [2.75, 3.05) is 31.8 Å². The van der Waals surface area contributed by atoms with Gasteiger partial charge in [-0.25, -0.2) is 9.59 Å². The van der Waals surface area contributed by atoms with Crippen molar-refractivity contribution < 1.29 is 48.0 Å². The summed E-state index contributed by atoms with van der Waals surface area (Å²) >= 11 is 1.38. The number of carboxylic acids is 1. The Bertz CT molecular complexity index is 727. The van der Waals surface area contributed by atoms with Crippen molar-refractivity contribution in [1.29, 1.82) is 0 Å². The van der Waals surface area contributed by atoms with Crippen molar-refractivity contribution in [3.63, 3.8) is 0 Å². The molecule has 0 spiro atoms. The minimum Gasteiger partial charge on any atom is -0.478 e. The van der Waals surface area contributed by atoms with E-state index in [9.17, 15) is 24.0 Å². The molecule has 0 saturated carbocycles. The number of carbonyl (C=O) groups excluding carboxylic acids is 4. The van der Waals surface area contributed by atoms with Crippen LogP contribution in [0.1, 0.15) is 47.5 Å². The molecule has 0 aromatic heterocycles. The van der Waals surface area contributed by atoms with Gasteiger partial charge in [0.1, 0.15) is 13.2 Å². The van der Waals surface area contributed by atoms with Crippen LogP contribution in [0.5, 0.6) is 0 Å². The summed E-state index contributed by atoms with van der Waals surface area (Å²) in [6.07, 6.45) is 0.767. The van der Waals surface area contributed by atoms with E-state index in [1.54, 1.807) is 27.7 Å². The van der Waals surface area contributed by atoms with E-state index >= 15 is 0 Å². The van der Waals surface area contributed by atoms with E-state index in [4.69, 9.17) is 24.1 Å². The van der Waals surface area contributed by atoms with Crippen molar-refractivity contribution in [3.05, 3.63) is 12.2 Å². The minimum absolute atomic E-state index is 0.0458. The Labute approximate surface area is 198 Å². The highest BCUT2D eigenvalue weighted by Gasteiger charge is 2.30. The molecule has 33 heavy (non-hydrogen) atoms. The van der Waals surface area contributed by atoms with E-state index in [1.807, 2.05) is 6.92 Å². The first-order chi connectivity index (χ1) is 15.2. The number of carboxylic acid groups (broad SMARTS) is 1. The van der Waals surface area contributed by atoms with E-state index < -0.39 is 40.8 Å². The third-order valence-corrected chi connectivity index (χ3v) is 5.98. The molecule has 0 aliphatic rings. The topological polar surface area (TPSA) is 142 Å². The maximum atomic E-state index is 12.2. The van der Waals surface area contributed by atoms with Crippen LogP contribution in [0, 0.1) is 10.8 Å². The number of esters is 4. The van der Waals surface area contributed by atoms with E-state index in [1.165, 1.54) is 18.9 Å². The molecular weight excluding hydrogens is 456 g/mol. The van der Waals surface area contributed by atoms with E-state index in [0.717, 1.165) is 0 Å². The molecule has 11 heteroatoms. The van der Waals surface area contributed by atoms with E-state index in [0.29, 0.717) is 30.1 Å². The second-order valence-corrected chi connectivity index (χ2v) is 9.53. The summed E-state index contributed by atoms with van der Waals surface area (Å²) in [6.45, 7) is 7.97. The van der Waals surface area contributed by atoms with Gasteiger partial charge < -0.3 is 24.1 Å². The Balaban J connectivity index is 4.75. The van der Waals surface area contributed by atoms with Crippen molar-refractivity contribution in [3.8, 4) is 0 Å². The summed E-state index contributed by atoms with van der Waals surface area (Å²) < 4.78 is 20.1. The molecule has 188 valence electrons. The largest absolute Gasteiger partial charge is 0.478 e. The number of ether oxygens (including phenoxy) is 4. The van der Waals surface area contributed by atoms with Gasteiger partial charge >= 0.3 is 29.8 Å². The summed E-state index contributed by atoms with van der Waals surface area (Å²) in [5.74, 6) is -2.90. The SMILES string of the molecule is CCC(C)(C)C(=O)OCC(COC(=O)CCSCC(C)(C)C(=O)OC)OC(=O)/C=C\C(=O)O. The highest BCUT2D eigenvalue weighted by Crippen LogP contribution is 2.24. The molecule has 10 nitrogen and oxygen atoms in total. The molecule has 0 fully saturated rings. The zero-order valence-corrected chi connectivity index (χ0v) is 20.8. The lowest BCUT2D eigenvalue weighted by Crippen LogP contribution is -2.34. The highest BCUT2D eigenvalue weighted by atomic mass is 32.2. The summed E-state index contributed by atoms with van der Waals surface area (Å²) in [5, 5.41) is 8.60. The molecule has 0 saturated heterocycles. The number of thioether (sulfide) groups is 1. The van der Waals surface area contributed by atoms with Crippen LogP contribution in [-0.4, -0.2) is 72.9 Å². The fraction of sp³-hybridized carbons (Fsp3) is 0.682. The zero-order chi connectivity index (χ0) is 25.7. The van der Waals surface area contributed by atoms with Gasteiger partial charge in [0.05, 0.1) is 24.4 Å². The van der Waals surface area contributed by atoms with Crippen LogP contribution in [0.3, 0.4) is 0 Å². The fourth-order valence-corrected chi connectivity index (χ4v) is 3.13. The van der Waals surface area contributed by atoms with Gasteiger partial charge in [-0.05, 0) is 34.1 Å². The maximum Gasteiger partial charge on any atom is 0.331 e. The van der Waals surface area contributed by atoms with Crippen LogP contribution in [0.15, 0.2) is 12.2 Å². The van der Waals surface area contributed by atoms with Gasteiger partial charge in [0, 0.05) is 23.7 Å². The Hall–Kier alpha value is -2.56. The Kier molecular flexibility index (Phi) is 13.4. The van der Waals surface area contributed by atoms with Crippen LogP contribution in [-0.2, 0) is 42.9 Å². The summed E-state index contributed by atoms with van der Waals surface area (Å²) in [5.41, 5.74) is -1.44. The molecular formula is C22H34O10S. The third-order valence-electron chi connectivity index (χ3n) is 4.56. The average Bonchev–Trinajstić information content (AvgIpc) is 2.75. The van der Waals surface area contributed by atoms with E-state index in [-0.39, 0.29) is 25.6 Å². The van der Waals surface area contributed by atoms with Crippen LogP contribution in [0.4, 0.5) is 0 Å². The third kappa shape index (κ3) is 12.9. The van der Waals surface area contributed by atoms with Crippen LogP contribution >= 0.6 is 11.8 Å². The number of hydrogen-bond acceptors (Lipinski definition) is 10. The summed E-state index contributed by atoms with van der Waals surface area (Å²) in [7, 11) is 1.31. The van der Waals surface area contributed by atoms with Gasteiger partial charge in [0.25, 0.3) is 0 Å². The summed E-state index contributed by atoms with van der Waals surface area (Å²) in [4.78, 5) is 58.2. The molecule has 0 aromatic rings. The lowest BCUT2D eigenvalue weighted by molar-refractivity contribution is -0.168. The number of rotatable bonds is 15. The molecule has 1 N–H and O–H groups in total. The quantitative estimate of drug-likeness (QED) is 0.156. The molecule has 0 heterocycles. The van der Waals surface area contributed by atoms with Crippen molar-refractivity contribution >= 4 is 41.6 Å². The number of aliphatic carboxylic acids is 1. The van der Waals surface area contributed by atoms with Gasteiger partial charge in [0.2, 0.25) is 0 Å². The predicted octanol–water partition coefficient (Wildman–Crippen LogP) is 2.38. The Morgan fingerprint density at radius 2 is 1.55 bits per heavy atom. The van der Waals surface area contributed by atoms with Crippen LogP contribution < -0.4 is 0 Å². The first-order valence-corrected chi connectivity index (χ1v) is 11.5. The van der Waals surface area contributed by atoms with Crippen molar-refractivity contribution in [2.24, 2.45) is 10.8 Å². The minimum atomic E-state index is -1.33. The second kappa shape index (κ2) is 14.6. The lowest BCUT2D eigenvalue weighted by Gasteiger charge is -2.23. The van der Waals surface area contributed by atoms with Crippen LogP contribution in [0.25, 0.3) is 0 Å². The van der Waals surface area contributed by atoms with Gasteiger partial charge in [-0.3, -0.25) is 14.4 Å². The van der Waals surface area contributed by atoms with Gasteiger partial charge in [-0.15, -0.1) is 0 Å². The normalized spacial score (nSPS) is 12.7. The van der Waals surface area contributed by atoms with Crippen LogP contribution in [0.2, 0.25) is 0 Å². The maximum absolute atomic E-state index is 12.2. The average molecular weight is 491 g/mol. The molecule has 0 bridgehead atoms. The molecule has 0 amide bonds. The molecule has 0 aromatic carbocycles. The monoisotopic (exact) mass is 490 g/mol. The predicted molar refractivity (Wildman–Crippen MR) is 120 cm³/mol. The molecule has 0 radical (unpaired) electrons. The van der Waals surface area contributed by atoms with Crippen molar-refractivity contribution in [2.45, 2.75) is 53.6 Å². The smallest absolute Gasteiger partial charge is 0.331 e. The van der Waals surface area contributed by atoms with Gasteiger partial charge in [-0.1, -0.05) is 6.92 Å². The fourth-order valence-electron chi connectivity index (χ4n) is 2.04. The van der Waals surface area contributed by atoms with E-state index in [2.05, 4.69) is 0 Å². The molecule has 1 atom stereocenters. The molecule has 0 aliphatic heterocycles.